The molecule has 0 aliphatic carbocycles. The first-order valence-corrected chi connectivity index (χ1v) is 7.09. The summed E-state index contributed by atoms with van der Waals surface area (Å²) in [5.41, 5.74) is 7.57. The van der Waals surface area contributed by atoms with Crippen LogP contribution in [0.5, 0.6) is 0 Å². The molecule has 7 nitrogen and oxygen atoms in total. The predicted octanol–water partition coefficient (Wildman–Crippen LogP) is 2.09. The molecular formula is C16H16N6O. The number of aliphatic imine (C=N–C) groups is 1. The Kier molecular flexibility index (Phi) is 4.01. The number of nitrogens with two attached hydrogens (primary N) is 1. The second kappa shape index (κ2) is 6.27. The molecule has 2 heterocycles. The number of carbonyl (C=O) groups is 1. The molecule has 0 bridgehead atoms. The van der Waals surface area contributed by atoms with Crippen LogP contribution in [0, 0.1) is 0 Å². The molecule has 1 aromatic heterocycles. The van der Waals surface area contributed by atoms with Crippen molar-refractivity contribution in [2.24, 2.45) is 10.7 Å². The number of primary amides is 1. The highest BCUT2D eigenvalue weighted by Gasteiger charge is 2.14. The smallest absolute Gasteiger partial charge is 0.254 e. The summed E-state index contributed by atoms with van der Waals surface area (Å²) in [4.78, 5) is 24.3. The zero-order chi connectivity index (χ0) is 16.2. The van der Waals surface area contributed by atoms with Gasteiger partial charge < -0.3 is 16.4 Å². The lowest BCUT2D eigenvalue weighted by molar-refractivity contribution is 0.100. The van der Waals surface area contributed by atoms with E-state index in [9.17, 15) is 4.79 Å². The molecule has 0 fully saturated rings. The molecule has 0 radical (unpaired) electrons. The number of amides is 1. The van der Waals surface area contributed by atoms with Crippen LogP contribution >= 0.6 is 0 Å². The van der Waals surface area contributed by atoms with E-state index in [4.69, 9.17) is 5.73 Å². The van der Waals surface area contributed by atoms with E-state index >= 15 is 0 Å². The van der Waals surface area contributed by atoms with Gasteiger partial charge in [0.1, 0.15) is 17.2 Å². The third kappa shape index (κ3) is 3.52. The Morgan fingerprint density at radius 2 is 2.00 bits per heavy atom. The highest BCUT2D eigenvalue weighted by molar-refractivity contribution is 6.05. The molecule has 116 valence electrons. The number of carbonyl (C=O) groups excluding carboxylic acids is 1. The molecule has 7 heteroatoms. The first-order chi connectivity index (χ1) is 11.1. The lowest BCUT2D eigenvalue weighted by Crippen LogP contribution is -2.17. The van der Waals surface area contributed by atoms with Crippen molar-refractivity contribution in [3.63, 3.8) is 0 Å². The third-order valence-electron chi connectivity index (χ3n) is 3.21. The summed E-state index contributed by atoms with van der Waals surface area (Å²) in [7, 11) is 0. The van der Waals surface area contributed by atoms with Crippen molar-refractivity contribution >= 4 is 29.2 Å². The van der Waals surface area contributed by atoms with Crippen LogP contribution in [0.1, 0.15) is 17.3 Å². The Morgan fingerprint density at radius 3 is 2.65 bits per heavy atom. The molecule has 23 heavy (non-hydrogen) atoms. The number of hydrogen-bond donors (Lipinski definition) is 3. The Labute approximate surface area is 133 Å². The van der Waals surface area contributed by atoms with Crippen LogP contribution in [0.2, 0.25) is 0 Å². The van der Waals surface area contributed by atoms with Gasteiger partial charge in [0.15, 0.2) is 0 Å². The summed E-state index contributed by atoms with van der Waals surface area (Å²) in [5, 5.41) is 6.10. The van der Waals surface area contributed by atoms with Crippen LogP contribution in [0.15, 0.2) is 53.2 Å². The number of benzene rings is 1. The molecule has 1 aromatic carbocycles. The lowest BCUT2D eigenvalue weighted by Gasteiger charge is -2.11. The maximum absolute atomic E-state index is 11.6. The second-order valence-corrected chi connectivity index (χ2v) is 5.13. The van der Waals surface area contributed by atoms with Gasteiger partial charge in [-0.15, -0.1) is 0 Å². The molecular weight excluding hydrogens is 292 g/mol. The molecule has 0 unspecified atom stereocenters. The van der Waals surface area contributed by atoms with Crippen LogP contribution in [0.3, 0.4) is 0 Å². The number of aromatic nitrogens is 2. The molecule has 0 atom stereocenters. The van der Waals surface area contributed by atoms with Crippen molar-refractivity contribution in [3.8, 4) is 0 Å². The highest BCUT2D eigenvalue weighted by Crippen LogP contribution is 2.19. The maximum Gasteiger partial charge on any atom is 0.254 e. The van der Waals surface area contributed by atoms with Gasteiger partial charge >= 0.3 is 0 Å². The van der Waals surface area contributed by atoms with Crippen molar-refractivity contribution in [1.29, 1.82) is 0 Å². The second-order valence-electron chi connectivity index (χ2n) is 5.13. The van der Waals surface area contributed by atoms with E-state index in [1.165, 1.54) is 6.20 Å². The summed E-state index contributed by atoms with van der Waals surface area (Å²) in [6.07, 6.45) is 3.32. The minimum Gasteiger partial charge on any atom is -0.365 e. The first kappa shape index (κ1) is 14.7. The summed E-state index contributed by atoms with van der Waals surface area (Å²) in [6, 6.07) is 9.40. The third-order valence-corrected chi connectivity index (χ3v) is 3.21. The SMILES string of the molecule is CC1=CC(Nc2ncc(C(N)=O)c(Nc3ccccc3)n2)=NC1. The first-order valence-electron chi connectivity index (χ1n) is 7.09. The lowest BCUT2D eigenvalue weighted by atomic mass is 10.2. The van der Waals surface area contributed by atoms with Gasteiger partial charge in [0, 0.05) is 11.9 Å². The number of rotatable bonds is 4. The number of nitrogens with zero attached hydrogens (tertiary/aromatic N) is 3. The monoisotopic (exact) mass is 308 g/mol. The Morgan fingerprint density at radius 1 is 1.22 bits per heavy atom. The van der Waals surface area contributed by atoms with Gasteiger partial charge in [-0.05, 0) is 30.7 Å². The van der Waals surface area contributed by atoms with Gasteiger partial charge in [0.25, 0.3) is 5.91 Å². The fourth-order valence-corrected chi connectivity index (χ4v) is 2.10. The fourth-order valence-electron chi connectivity index (χ4n) is 2.10. The average molecular weight is 308 g/mol. The largest absolute Gasteiger partial charge is 0.365 e. The normalized spacial score (nSPS) is 13.3. The molecule has 0 saturated heterocycles. The van der Waals surface area contributed by atoms with E-state index in [2.05, 4.69) is 25.6 Å². The van der Waals surface area contributed by atoms with Crippen LogP contribution in [-0.2, 0) is 0 Å². The number of amidine groups is 1. The van der Waals surface area contributed by atoms with Gasteiger partial charge in [-0.25, -0.2) is 4.98 Å². The van der Waals surface area contributed by atoms with Crippen LogP contribution < -0.4 is 16.4 Å². The molecule has 4 N–H and O–H groups in total. The summed E-state index contributed by atoms with van der Waals surface area (Å²) < 4.78 is 0. The fraction of sp³-hybridized carbons (Fsp3) is 0.125. The average Bonchev–Trinajstić information content (AvgIpc) is 2.93. The van der Waals surface area contributed by atoms with Gasteiger partial charge in [0.2, 0.25) is 5.95 Å². The van der Waals surface area contributed by atoms with E-state index in [0.717, 1.165) is 11.3 Å². The molecule has 0 saturated carbocycles. The number of nitrogens with one attached hydrogen (secondary N) is 2. The van der Waals surface area contributed by atoms with Crippen LogP contribution in [0.25, 0.3) is 0 Å². The van der Waals surface area contributed by atoms with Gasteiger partial charge in [0.05, 0.1) is 6.54 Å². The van der Waals surface area contributed by atoms with Crippen molar-refractivity contribution < 1.29 is 4.79 Å². The van der Waals surface area contributed by atoms with Gasteiger partial charge in [-0.3, -0.25) is 9.79 Å². The van der Waals surface area contributed by atoms with Crippen molar-refractivity contribution in [3.05, 3.63) is 53.7 Å². The van der Waals surface area contributed by atoms with E-state index in [1.807, 2.05) is 43.3 Å². The Bertz CT molecular complexity index is 797. The van der Waals surface area contributed by atoms with E-state index in [1.54, 1.807) is 0 Å². The van der Waals surface area contributed by atoms with Crippen LogP contribution in [0.4, 0.5) is 17.5 Å². The molecule has 0 spiro atoms. The Balaban J connectivity index is 1.89. The zero-order valence-corrected chi connectivity index (χ0v) is 12.6. The molecule has 1 aliphatic rings. The molecule has 2 aromatic rings. The van der Waals surface area contributed by atoms with Crippen molar-refractivity contribution in [2.45, 2.75) is 6.92 Å². The van der Waals surface area contributed by atoms with E-state index in [0.29, 0.717) is 24.1 Å². The predicted molar refractivity (Wildman–Crippen MR) is 90.0 cm³/mol. The zero-order valence-electron chi connectivity index (χ0n) is 12.6. The minimum atomic E-state index is -0.594. The summed E-state index contributed by atoms with van der Waals surface area (Å²) in [6.45, 7) is 2.66. The number of anilines is 3. The minimum absolute atomic E-state index is 0.222. The van der Waals surface area contributed by atoms with E-state index in [-0.39, 0.29) is 5.56 Å². The van der Waals surface area contributed by atoms with E-state index < -0.39 is 5.91 Å². The standard InChI is InChI=1S/C16H16N6O/c1-10-7-13(18-8-10)21-16-19-9-12(14(17)23)15(22-16)20-11-5-3-2-4-6-11/h2-7,9H,8H2,1H3,(H2,17,23)(H2,18,19,20,21,22). The maximum atomic E-state index is 11.6. The van der Waals surface area contributed by atoms with Crippen molar-refractivity contribution in [1.82, 2.24) is 9.97 Å². The topological polar surface area (TPSA) is 105 Å². The number of hydrogen-bond acceptors (Lipinski definition) is 6. The number of para-hydroxylation sites is 1. The van der Waals surface area contributed by atoms with Gasteiger partial charge in [-0.2, -0.15) is 4.98 Å². The summed E-state index contributed by atoms with van der Waals surface area (Å²) >= 11 is 0. The van der Waals surface area contributed by atoms with Gasteiger partial charge in [-0.1, -0.05) is 18.2 Å². The molecule has 3 rings (SSSR count). The highest BCUT2D eigenvalue weighted by atomic mass is 16.1. The summed E-state index contributed by atoms with van der Waals surface area (Å²) in [5.74, 6) is 0.794. The quantitative estimate of drug-likeness (QED) is 0.802. The van der Waals surface area contributed by atoms with Crippen molar-refractivity contribution in [2.75, 3.05) is 17.2 Å². The molecule has 1 amide bonds. The Hall–Kier alpha value is -3.22. The van der Waals surface area contributed by atoms with Crippen LogP contribution in [-0.4, -0.2) is 28.3 Å². The molecule has 1 aliphatic heterocycles.